The van der Waals surface area contributed by atoms with Crippen LogP contribution in [0, 0.1) is 24.1 Å². The molecule has 0 aromatic heterocycles. The Morgan fingerprint density at radius 2 is 2.00 bits per heavy atom. The van der Waals surface area contributed by atoms with Crippen molar-refractivity contribution in [2.24, 2.45) is 17.1 Å². The van der Waals surface area contributed by atoms with E-state index in [0.29, 0.717) is 12.1 Å². The molecule has 2 atom stereocenters. The van der Waals surface area contributed by atoms with Crippen LogP contribution >= 0.6 is 0 Å². The topological polar surface area (TPSA) is 55.1 Å². The van der Waals surface area contributed by atoms with Gasteiger partial charge in [0.1, 0.15) is 11.4 Å². The minimum Gasteiger partial charge on any atom is -0.371 e. The van der Waals surface area contributed by atoms with Crippen LogP contribution in [-0.4, -0.2) is 11.4 Å². The number of hydrogen-bond donors (Lipinski definition) is 2. The summed E-state index contributed by atoms with van der Waals surface area (Å²) >= 11 is 0. The van der Waals surface area contributed by atoms with Gasteiger partial charge in [0, 0.05) is 5.69 Å². The van der Waals surface area contributed by atoms with Crippen molar-refractivity contribution < 1.29 is 9.18 Å². The minimum absolute atomic E-state index is 0.0994. The third-order valence-corrected chi connectivity index (χ3v) is 4.75. The van der Waals surface area contributed by atoms with Gasteiger partial charge in [0.25, 0.3) is 0 Å². The lowest BCUT2D eigenvalue weighted by molar-refractivity contribution is -0.126. The molecule has 0 heterocycles. The second-order valence-corrected chi connectivity index (χ2v) is 7.25. The van der Waals surface area contributed by atoms with Crippen molar-refractivity contribution in [1.29, 1.82) is 0 Å². The highest BCUT2D eigenvalue weighted by Crippen LogP contribution is 2.45. The molecule has 21 heavy (non-hydrogen) atoms. The fraction of sp³-hybridized carbons (Fsp3) is 0.588. The molecule has 1 amide bonds. The van der Waals surface area contributed by atoms with Gasteiger partial charge in [-0.2, -0.15) is 0 Å². The molecule has 1 aliphatic carbocycles. The third kappa shape index (κ3) is 3.20. The molecule has 0 saturated heterocycles. The van der Waals surface area contributed by atoms with E-state index in [1.807, 2.05) is 19.9 Å². The van der Waals surface area contributed by atoms with Gasteiger partial charge in [0.15, 0.2) is 0 Å². The zero-order valence-corrected chi connectivity index (χ0v) is 13.3. The highest BCUT2D eigenvalue weighted by molar-refractivity contribution is 5.88. The average molecular weight is 292 g/mol. The molecule has 0 aliphatic heterocycles. The number of aryl methyl sites for hydroxylation is 1. The van der Waals surface area contributed by atoms with Crippen LogP contribution in [0.25, 0.3) is 0 Å². The summed E-state index contributed by atoms with van der Waals surface area (Å²) in [5.41, 5.74) is 6.56. The van der Waals surface area contributed by atoms with Crippen LogP contribution in [0.1, 0.15) is 45.6 Å². The summed E-state index contributed by atoms with van der Waals surface area (Å²) in [5.74, 6) is -0.560. The maximum atomic E-state index is 13.6. The van der Waals surface area contributed by atoms with Gasteiger partial charge in [-0.15, -0.1) is 0 Å². The van der Waals surface area contributed by atoms with E-state index in [9.17, 15) is 9.18 Å². The molecule has 3 N–H and O–H groups in total. The summed E-state index contributed by atoms with van der Waals surface area (Å²) in [5, 5.41) is 3.25. The number of carbonyl (C=O) groups excluding carboxylic acids is 1. The van der Waals surface area contributed by atoms with Gasteiger partial charge >= 0.3 is 0 Å². The van der Waals surface area contributed by atoms with Crippen LogP contribution in [0.4, 0.5) is 10.1 Å². The predicted molar refractivity (Wildman–Crippen MR) is 83.5 cm³/mol. The number of nitrogens with two attached hydrogens (primary N) is 1. The van der Waals surface area contributed by atoms with Gasteiger partial charge in [-0.05, 0) is 61.3 Å². The Labute approximate surface area is 126 Å². The second-order valence-electron chi connectivity index (χ2n) is 7.25. The molecule has 1 aromatic rings. The monoisotopic (exact) mass is 292 g/mol. The summed E-state index contributed by atoms with van der Waals surface area (Å²) in [6, 6.07) is 4.74. The number of carbonyl (C=O) groups is 1. The molecule has 3 nitrogen and oxygen atoms in total. The van der Waals surface area contributed by atoms with E-state index < -0.39 is 5.54 Å². The predicted octanol–water partition coefficient (Wildman–Crippen LogP) is 3.62. The van der Waals surface area contributed by atoms with Crippen LogP contribution in [-0.2, 0) is 4.79 Å². The molecule has 116 valence electrons. The Morgan fingerprint density at radius 3 is 2.52 bits per heavy atom. The standard InChI is InChI=1S/C17H25FN2O/c1-11-7-13(18)9-14(8-11)20-17(15(19)21)6-5-16(3,4)10-12(17)2/h7-9,12,20H,5-6,10H2,1-4H3,(H2,19,21). The van der Waals surface area contributed by atoms with Crippen LogP contribution in [0.3, 0.4) is 0 Å². The lowest BCUT2D eigenvalue weighted by Gasteiger charge is -2.47. The van der Waals surface area contributed by atoms with Gasteiger partial charge in [-0.1, -0.05) is 20.8 Å². The molecule has 1 aliphatic rings. The first kappa shape index (κ1) is 15.8. The van der Waals surface area contributed by atoms with E-state index in [2.05, 4.69) is 19.2 Å². The number of nitrogens with one attached hydrogen (secondary N) is 1. The van der Waals surface area contributed by atoms with Crippen molar-refractivity contribution in [2.75, 3.05) is 5.32 Å². The molecule has 1 aromatic carbocycles. The lowest BCUT2D eigenvalue weighted by atomic mass is 9.63. The van der Waals surface area contributed by atoms with Crippen LogP contribution in [0.15, 0.2) is 18.2 Å². The quantitative estimate of drug-likeness (QED) is 0.894. The molecule has 0 radical (unpaired) electrons. The number of rotatable bonds is 3. The SMILES string of the molecule is Cc1cc(F)cc(NC2(C(N)=O)CCC(C)(C)CC2C)c1. The van der Waals surface area contributed by atoms with Crippen LogP contribution in [0.5, 0.6) is 0 Å². The summed E-state index contributed by atoms with van der Waals surface area (Å²) < 4.78 is 13.6. The Kier molecular flexibility index (Phi) is 4.00. The molecule has 1 fully saturated rings. The maximum Gasteiger partial charge on any atom is 0.243 e. The third-order valence-electron chi connectivity index (χ3n) is 4.75. The number of hydrogen-bond acceptors (Lipinski definition) is 2. The fourth-order valence-corrected chi connectivity index (χ4v) is 3.57. The smallest absolute Gasteiger partial charge is 0.243 e. The first-order valence-electron chi connectivity index (χ1n) is 7.50. The molecule has 2 unspecified atom stereocenters. The van der Waals surface area contributed by atoms with Gasteiger partial charge in [0.2, 0.25) is 5.91 Å². The number of benzene rings is 1. The van der Waals surface area contributed by atoms with Crippen LogP contribution < -0.4 is 11.1 Å². The normalized spacial score (nSPS) is 28.1. The van der Waals surface area contributed by atoms with Gasteiger partial charge < -0.3 is 11.1 Å². The number of halogens is 1. The fourth-order valence-electron chi connectivity index (χ4n) is 3.57. The summed E-state index contributed by atoms with van der Waals surface area (Å²) in [6.07, 6.45) is 2.50. The van der Waals surface area contributed by atoms with Crippen molar-refractivity contribution >= 4 is 11.6 Å². The van der Waals surface area contributed by atoms with Crippen molar-refractivity contribution in [3.8, 4) is 0 Å². The summed E-state index contributed by atoms with van der Waals surface area (Å²) in [6.45, 7) is 8.30. The Balaban J connectivity index is 2.33. The molecule has 4 heteroatoms. The zero-order valence-electron chi connectivity index (χ0n) is 13.3. The highest BCUT2D eigenvalue weighted by atomic mass is 19.1. The summed E-state index contributed by atoms with van der Waals surface area (Å²) in [4.78, 5) is 12.1. The van der Waals surface area contributed by atoms with E-state index in [-0.39, 0.29) is 23.1 Å². The zero-order chi connectivity index (χ0) is 15.8. The van der Waals surface area contributed by atoms with E-state index in [1.54, 1.807) is 0 Å². The number of amides is 1. The van der Waals surface area contributed by atoms with Gasteiger partial charge in [-0.3, -0.25) is 4.79 Å². The van der Waals surface area contributed by atoms with Crippen molar-refractivity contribution in [2.45, 2.75) is 52.5 Å². The first-order chi connectivity index (χ1) is 9.64. The van der Waals surface area contributed by atoms with E-state index in [1.165, 1.54) is 12.1 Å². The van der Waals surface area contributed by atoms with Crippen LogP contribution in [0.2, 0.25) is 0 Å². The van der Waals surface area contributed by atoms with Gasteiger partial charge in [-0.25, -0.2) is 4.39 Å². The molecular weight excluding hydrogens is 267 g/mol. The Morgan fingerprint density at radius 1 is 1.33 bits per heavy atom. The van der Waals surface area contributed by atoms with Crippen molar-refractivity contribution in [3.05, 3.63) is 29.6 Å². The van der Waals surface area contributed by atoms with Crippen molar-refractivity contribution in [3.63, 3.8) is 0 Å². The highest BCUT2D eigenvalue weighted by Gasteiger charge is 2.48. The largest absolute Gasteiger partial charge is 0.371 e. The first-order valence-corrected chi connectivity index (χ1v) is 7.50. The average Bonchev–Trinajstić information content (AvgIpc) is 2.30. The number of primary amides is 1. The molecule has 1 saturated carbocycles. The van der Waals surface area contributed by atoms with Crippen molar-refractivity contribution in [1.82, 2.24) is 0 Å². The Bertz CT molecular complexity index is 535. The van der Waals surface area contributed by atoms with E-state index in [0.717, 1.165) is 18.4 Å². The maximum absolute atomic E-state index is 13.6. The molecular formula is C17H25FN2O. The number of anilines is 1. The van der Waals surface area contributed by atoms with E-state index in [4.69, 9.17) is 5.73 Å². The molecule has 0 spiro atoms. The Hall–Kier alpha value is -1.58. The van der Waals surface area contributed by atoms with Gasteiger partial charge in [0.05, 0.1) is 0 Å². The molecule has 0 bridgehead atoms. The molecule has 2 rings (SSSR count). The van der Waals surface area contributed by atoms with E-state index >= 15 is 0 Å². The minimum atomic E-state index is -0.796. The second kappa shape index (κ2) is 5.32. The summed E-state index contributed by atoms with van der Waals surface area (Å²) in [7, 11) is 0. The lowest BCUT2D eigenvalue weighted by Crippen LogP contribution is -2.58.